The third kappa shape index (κ3) is 4.23. The van der Waals surface area contributed by atoms with Gasteiger partial charge in [-0.15, -0.1) is 0 Å². The molecular formula is C13H17N3O3. The minimum atomic E-state index is -0.448. The van der Waals surface area contributed by atoms with Crippen molar-refractivity contribution in [3.8, 4) is 11.8 Å². The van der Waals surface area contributed by atoms with Crippen LogP contribution < -0.4 is 4.74 Å². The van der Waals surface area contributed by atoms with Gasteiger partial charge in [0.25, 0.3) is 5.69 Å². The van der Waals surface area contributed by atoms with Crippen LogP contribution in [0, 0.1) is 21.4 Å². The summed E-state index contributed by atoms with van der Waals surface area (Å²) in [6.45, 7) is 4.71. The Kier molecular flexibility index (Phi) is 5.27. The highest BCUT2D eigenvalue weighted by Crippen LogP contribution is 2.23. The summed E-state index contributed by atoms with van der Waals surface area (Å²) in [5, 5.41) is 19.6. The predicted molar refractivity (Wildman–Crippen MR) is 70.8 cm³/mol. The summed E-state index contributed by atoms with van der Waals surface area (Å²) in [6, 6.07) is 6.92. The predicted octanol–water partition coefficient (Wildman–Crippen LogP) is 2.34. The molecule has 1 aromatic carbocycles. The summed E-state index contributed by atoms with van der Waals surface area (Å²) in [6.07, 6.45) is 0. The lowest BCUT2D eigenvalue weighted by atomic mass is 10.1. The van der Waals surface area contributed by atoms with Gasteiger partial charge >= 0.3 is 0 Å². The van der Waals surface area contributed by atoms with Crippen molar-refractivity contribution >= 4 is 5.69 Å². The lowest BCUT2D eigenvalue weighted by Crippen LogP contribution is -2.30. The van der Waals surface area contributed by atoms with Crippen molar-refractivity contribution in [1.29, 1.82) is 5.26 Å². The van der Waals surface area contributed by atoms with Gasteiger partial charge in [0, 0.05) is 18.7 Å². The highest BCUT2D eigenvalue weighted by atomic mass is 16.6. The van der Waals surface area contributed by atoms with Gasteiger partial charge in [0.05, 0.1) is 30.7 Å². The summed E-state index contributed by atoms with van der Waals surface area (Å²) in [4.78, 5) is 12.3. The minimum absolute atomic E-state index is 0.00462. The molecule has 0 aliphatic rings. The molecule has 0 atom stereocenters. The van der Waals surface area contributed by atoms with Crippen LogP contribution in [0.25, 0.3) is 0 Å². The molecule has 0 saturated heterocycles. The molecule has 0 aliphatic heterocycles. The van der Waals surface area contributed by atoms with Crippen molar-refractivity contribution in [2.24, 2.45) is 0 Å². The molecule has 1 aromatic rings. The van der Waals surface area contributed by atoms with Crippen molar-refractivity contribution in [2.75, 3.05) is 13.7 Å². The molecule has 0 unspecified atom stereocenters. The number of rotatable bonds is 6. The number of non-ortho nitro benzene ring substituents is 1. The van der Waals surface area contributed by atoms with Crippen LogP contribution in [0.5, 0.6) is 5.75 Å². The molecule has 0 heterocycles. The number of hydrogen-bond donors (Lipinski definition) is 0. The average molecular weight is 263 g/mol. The SMILES string of the molecule is COc1cc(CN(CC#N)C(C)C)cc([N+](=O)[O-])c1. The molecule has 0 aliphatic carbocycles. The van der Waals surface area contributed by atoms with Crippen molar-refractivity contribution in [1.82, 2.24) is 4.90 Å². The Morgan fingerprint density at radius 3 is 2.63 bits per heavy atom. The van der Waals surface area contributed by atoms with E-state index in [4.69, 9.17) is 10.00 Å². The third-order valence-corrected chi connectivity index (χ3v) is 2.79. The summed E-state index contributed by atoms with van der Waals surface area (Å²) >= 11 is 0. The molecule has 1 rings (SSSR count). The molecule has 19 heavy (non-hydrogen) atoms. The quantitative estimate of drug-likeness (QED) is 0.447. The number of ether oxygens (including phenoxy) is 1. The third-order valence-electron chi connectivity index (χ3n) is 2.79. The van der Waals surface area contributed by atoms with E-state index in [-0.39, 0.29) is 18.3 Å². The van der Waals surface area contributed by atoms with Gasteiger partial charge < -0.3 is 4.74 Å². The Morgan fingerprint density at radius 1 is 1.47 bits per heavy atom. The van der Waals surface area contributed by atoms with Crippen LogP contribution >= 0.6 is 0 Å². The van der Waals surface area contributed by atoms with E-state index >= 15 is 0 Å². The maximum atomic E-state index is 10.9. The first-order valence-electron chi connectivity index (χ1n) is 5.91. The van der Waals surface area contributed by atoms with Gasteiger partial charge in [-0.05, 0) is 25.5 Å². The van der Waals surface area contributed by atoms with Crippen LogP contribution in [0.4, 0.5) is 5.69 Å². The molecule has 0 radical (unpaired) electrons. The van der Waals surface area contributed by atoms with E-state index in [2.05, 4.69) is 6.07 Å². The van der Waals surface area contributed by atoms with Gasteiger partial charge in [-0.1, -0.05) is 0 Å². The Hall–Kier alpha value is -2.13. The largest absolute Gasteiger partial charge is 0.496 e. The second-order valence-corrected chi connectivity index (χ2v) is 4.45. The number of methoxy groups -OCH3 is 1. The zero-order valence-electron chi connectivity index (χ0n) is 11.3. The zero-order chi connectivity index (χ0) is 14.4. The van der Waals surface area contributed by atoms with E-state index in [1.165, 1.54) is 19.2 Å². The normalized spacial score (nSPS) is 10.5. The fourth-order valence-corrected chi connectivity index (χ4v) is 1.70. The lowest BCUT2D eigenvalue weighted by Gasteiger charge is -2.23. The van der Waals surface area contributed by atoms with Crippen molar-refractivity contribution in [2.45, 2.75) is 26.4 Å². The maximum absolute atomic E-state index is 10.9. The molecule has 0 saturated carbocycles. The Balaban J connectivity index is 3.02. The van der Waals surface area contributed by atoms with E-state index in [9.17, 15) is 10.1 Å². The molecule has 0 fully saturated rings. The van der Waals surface area contributed by atoms with Crippen LogP contribution in [-0.4, -0.2) is 29.5 Å². The average Bonchev–Trinajstić information content (AvgIpc) is 2.37. The molecule has 6 heteroatoms. The number of hydrogen-bond acceptors (Lipinski definition) is 5. The number of nitro benzene ring substituents is 1. The first-order valence-corrected chi connectivity index (χ1v) is 5.91. The number of benzene rings is 1. The maximum Gasteiger partial charge on any atom is 0.273 e. The van der Waals surface area contributed by atoms with E-state index in [0.717, 1.165) is 5.56 Å². The molecule has 6 nitrogen and oxygen atoms in total. The molecular weight excluding hydrogens is 246 g/mol. The molecule has 0 aromatic heterocycles. The Bertz CT molecular complexity index is 494. The van der Waals surface area contributed by atoms with Gasteiger partial charge in [-0.25, -0.2) is 0 Å². The Morgan fingerprint density at radius 2 is 2.16 bits per heavy atom. The molecule has 0 amide bonds. The van der Waals surface area contributed by atoms with Crippen molar-refractivity contribution in [3.05, 3.63) is 33.9 Å². The number of nitro groups is 1. The number of nitriles is 1. The molecule has 0 N–H and O–H groups in total. The lowest BCUT2D eigenvalue weighted by molar-refractivity contribution is -0.385. The van der Waals surface area contributed by atoms with Gasteiger partial charge in [0.1, 0.15) is 5.75 Å². The van der Waals surface area contributed by atoms with E-state index < -0.39 is 4.92 Å². The smallest absolute Gasteiger partial charge is 0.273 e. The van der Waals surface area contributed by atoms with Gasteiger partial charge in [0.2, 0.25) is 0 Å². The van der Waals surface area contributed by atoms with E-state index in [0.29, 0.717) is 12.3 Å². The fourth-order valence-electron chi connectivity index (χ4n) is 1.70. The number of nitrogens with zero attached hydrogens (tertiary/aromatic N) is 3. The first kappa shape index (κ1) is 14.9. The van der Waals surface area contributed by atoms with E-state index in [1.807, 2.05) is 18.7 Å². The topological polar surface area (TPSA) is 79.4 Å². The van der Waals surface area contributed by atoms with Crippen LogP contribution in [0.15, 0.2) is 18.2 Å². The molecule has 102 valence electrons. The Labute approximate surface area is 112 Å². The first-order chi connectivity index (χ1) is 8.97. The summed E-state index contributed by atoms with van der Waals surface area (Å²) in [5.74, 6) is 0.449. The van der Waals surface area contributed by atoms with Crippen LogP contribution in [0.2, 0.25) is 0 Å². The fraction of sp³-hybridized carbons (Fsp3) is 0.462. The van der Waals surface area contributed by atoms with E-state index in [1.54, 1.807) is 6.07 Å². The zero-order valence-corrected chi connectivity index (χ0v) is 11.3. The van der Waals surface area contributed by atoms with Crippen molar-refractivity contribution in [3.63, 3.8) is 0 Å². The summed E-state index contributed by atoms with van der Waals surface area (Å²) < 4.78 is 5.06. The standard InChI is InChI=1S/C13H17N3O3/c1-10(2)15(5-4-14)9-11-6-12(16(17)18)8-13(7-11)19-3/h6-8,10H,5,9H2,1-3H3. The van der Waals surface area contributed by atoms with Crippen molar-refractivity contribution < 1.29 is 9.66 Å². The van der Waals surface area contributed by atoms with Gasteiger partial charge in [-0.3, -0.25) is 15.0 Å². The van der Waals surface area contributed by atoms with Crippen LogP contribution in [-0.2, 0) is 6.54 Å². The second kappa shape index (κ2) is 6.71. The molecule has 0 spiro atoms. The highest BCUT2D eigenvalue weighted by molar-refractivity contribution is 5.42. The molecule has 0 bridgehead atoms. The summed E-state index contributed by atoms with van der Waals surface area (Å²) in [5.41, 5.74) is 0.755. The van der Waals surface area contributed by atoms with Crippen LogP contribution in [0.3, 0.4) is 0 Å². The monoisotopic (exact) mass is 263 g/mol. The van der Waals surface area contributed by atoms with Gasteiger partial charge in [-0.2, -0.15) is 5.26 Å². The van der Waals surface area contributed by atoms with Gasteiger partial charge in [0.15, 0.2) is 0 Å². The second-order valence-electron chi connectivity index (χ2n) is 4.45. The minimum Gasteiger partial charge on any atom is -0.496 e. The summed E-state index contributed by atoms with van der Waals surface area (Å²) in [7, 11) is 1.47. The van der Waals surface area contributed by atoms with Crippen LogP contribution in [0.1, 0.15) is 19.4 Å². The highest BCUT2D eigenvalue weighted by Gasteiger charge is 2.14.